The molecule has 0 aliphatic heterocycles. The minimum Gasteiger partial charge on any atom is -0.395 e. The van der Waals surface area contributed by atoms with E-state index >= 15 is 0 Å². The highest BCUT2D eigenvalue weighted by atomic mass is 32.2. The van der Waals surface area contributed by atoms with Gasteiger partial charge in [0.2, 0.25) is 5.95 Å². The van der Waals surface area contributed by atoms with Crippen molar-refractivity contribution in [2.45, 2.75) is 11.1 Å². The summed E-state index contributed by atoms with van der Waals surface area (Å²) in [5.41, 5.74) is 1.20. The number of nitrogens with one attached hydrogen (secondary N) is 2. The first-order chi connectivity index (χ1) is 14.1. The maximum atomic E-state index is 12.7. The van der Waals surface area contributed by atoms with Gasteiger partial charge >= 0.3 is 6.18 Å². The summed E-state index contributed by atoms with van der Waals surface area (Å²) in [4.78, 5) is 12.7. The van der Waals surface area contributed by atoms with Crippen molar-refractivity contribution in [3.05, 3.63) is 36.4 Å². The topological polar surface area (TPSA) is 117 Å². The fourth-order valence-electron chi connectivity index (χ4n) is 2.62. The zero-order valence-electron chi connectivity index (χ0n) is 15.7. The van der Waals surface area contributed by atoms with Crippen molar-refractivity contribution in [2.24, 2.45) is 0 Å². The van der Waals surface area contributed by atoms with Crippen molar-refractivity contribution in [3.8, 4) is 11.3 Å². The Hall–Kier alpha value is -2.99. The molecule has 2 heterocycles. The molecule has 0 atom stereocenters. The van der Waals surface area contributed by atoms with E-state index in [4.69, 9.17) is 5.11 Å². The predicted molar refractivity (Wildman–Crippen MR) is 106 cm³/mol. The molecule has 3 aromatic rings. The van der Waals surface area contributed by atoms with Crippen molar-refractivity contribution < 1.29 is 26.7 Å². The minimum absolute atomic E-state index is 0.0369. The molecule has 3 N–H and O–H groups in total. The van der Waals surface area contributed by atoms with Crippen molar-refractivity contribution in [3.63, 3.8) is 0 Å². The third-order valence-corrected chi connectivity index (χ3v) is 5.06. The summed E-state index contributed by atoms with van der Waals surface area (Å²) >= 11 is 0. The van der Waals surface area contributed by atoms with Crippen LogP contribution < -0.4 is 10.6 Å². The Balaban J connectivity index is 2.09. The number of aromatic nitrogens is 3. The van der Waals surface area contributed by atoms with Crippen LogP contribution in [0.1, 0.15) is 0 Å². The van der Waals surface area contributed by atoms with E-state index in [2.05, 4.69) is 25.6 Å². The first kappa shape index (κ1) is 21.7. The van der Waals surface area contributed by atoms with Gasteiger partial charge in [0.05, 0.1) is 22.7 Å². The average Bonchev–Trinajstić information content (AvgIpc) is 2.69. The molecule has 0 amide bonds. The second kappa shape index (κ2) is 8.40. The molecule has 0 saturated carbocycles. The van der Waals surface area contributed by atoms with Gasteiger partial charge < -0.3 is 15.7 Å². The van der Waals surface area contributed by atoms with Gasteiger partial charge in [0.15, 0.2) is 15.7 Å². The fraction of sp³-hybridized carbons (Fsp3) is 0.278. The second-order valence-corrected chi connectivity index (χ2v) is 8.39. The lowest BCUT2D eigenvalue weighted by Gasteiger charge is -2.13. The zero-order chi connectivity index (χ0) is 21.9. The van der Waals surface area contributed by atoms with Gasteiger partial charge in [-0.05, 0) is 24.3 Å². The molecule has 1 aromatic carbocycles. The van der Waals surface area contributed by atoms with Gasteiger partial charge in [0, 0.05) is 18.4 Å². The Morgan fingerprint density at radius 3 is 2.50 bits per heavy atom. The van der Waals surface area contributed by atoms with Gasteiger partial charge in [-0.25, -0.2) is 18.4 Å². The Labute approximate surface area is 170 Å². The van der Waals surface area contributed by atoms with E-state index in [9.17, 15) is 21.6 Å². The van der Waals surface area contributed by atoms with E-state index in [1.54, 1.807) is 24.3 Å². The molecule has 0 radical (unpaired) electrons. The normalized spacial score (nSPS) is 12.2. The maximum absolute atomic E-state index is 12.7. The van der Waals surface area contributed by atoms with E-state index in [1.165, 1.54) is 12.1 Å². The molecule has 2 aromatic heterocycles. The number of rotatable bonds is 7. The van der Waals surface area contributed by atoms with Gasteiger partial charge in [-0.1, -0.05) is 12.1 Å². The minimum atomic E-state index is -4.47. The van der Waals surface area contributed by atoms with Crippen LogP contribution in [-0.4, -0.2) is 60.6 Å². The summed E-state index contributed by atoms with van der Waals surface area (Å²) in [6, 6.07) is 9.21. The van der Waals surface area contributed by atoms with E-state index < -0.39 is 22.6 Å². The number of nitrogens with zero attached hydrogens (tertiary/aromatic N) is 3. The predicted octanol–water partition coefficient (Wildman–Crippen LogP) is 2.47. The molecule has 0 unspecified atom stereocenters. The average molecular weight is 441 g/mol. The number of pyridine rings is 1. The van der Waals surface area contributed by atoms with Gasteiger partial charge in [-0.3, -0.25) is 0 Å². The van der Waals surface area contributed by atoms with Crippen LogP contribution in [0.25, 0.3) is 22.3 Å². The highest BCUT2D eigenvalue weighted by molar-refractivity contribution is 7.90. The molecule has 0 bridgehead atoms. The van der Waals surface area contributed by atoms with Gasteiger partial charge in [0.1, 0.15) is 12.1 Å². The number of halogens is 3. The van der Waals surface area contributed by atoms with Crippen LogP contribution in [0.4, 0.5) is 24.9 Å². The Morgan fingerprint density at radius 2 is 1.83 bits per heavy atom. The lowest BCUT2D eigenvalue weighted by atomic mass is 10.1. The largest absolute Gasteiger partial charge is 0.405 e. The molecule has 8 nitrogen and oxygen atoms in total. The number of aliphatic hydroxyl groups excluding tert-OH is 1. The summed E-state index contributed by atoms with van der Waals surface area (Å²) in [5.74, 6) is -0.103. The van der Waals surface area contributed by atoms with Crippen LogP contribution in [0, 0.1) is 0 Å². The fourth-order valence-corrected chi connectivity index (χ4v) is 3.28. The summed E-state index contributed by atoms with van der Waals surface area (Å²) in [6.07, 6.45) is -3.40. The molecule has 30 heavy (non-hydrogen) atoms. The lowest BCUT2D eigenvalue weighted by molar-refractivity contribution is -0.115. The van der Waals surface area contributed by atoms with Crippen molar-refractivity contribution in [1.29, 1.82) is 0 Å². The monoisotopic (exact) mass is 441 g/mol. The highest BCUT2D eigenvalue weighted by Gasteiger charge is 2.27. The van der Waals surface area contributed by atoms with Gasteiger partial charge in [-0.2, -0.15) is 18.2 Å². The van der Waals surface area contributed by atoms with Crippen molar-refractivity contribution >= 4 is 32.6 Å². The maximum Gasteiger partial charge on any atom is 0.405 e. The molecule has 160 valence electrons. The number of benzene rings is 1. The quantitative estimate of drug-likeness (QED) is 0.512. The number of anilines is 2. The third kappa shape index (κ3) is 5.33. The van der Waals surface area contributed by atoms with Crippen LogP contribution in [0.15, 0.2) is 41.3 Å². The van der Waals surface area contributed by atoms with Gasteiger partial charge in [-0.15, -0.1) is 0 Å². The van der Waals surface area contributed by atoms with E-state index in [0.29, 0.717) is 11.3 Å². The van der Waals surface area contributed by atoms with Crippen LogP contribution in [-0.2, 0) is 9.84 Å². The van der Waals surface area contributed by atoms with E-state index in [0.717, 1.165) is 6.26 Å². The molecular weight excluding hydrogens is 423 g/mol. The second-order valence-electron chi connectivity index (χ2n) is 6.38. The number of aliphatic hydroxyl groups is 1. The molecule has 3 rings (SSSR count). The number of sulfone groups is 1. The standard InChI is InChI=1S/C18H18F3N5O3S/c1-30(28,29)12-4-2-3-11(9-12)13-5-6-14-15(24-13)16(23-10-18(19,20)21)26-17(25-14)22-7-8-27/h2-6,9,27H,7-8,10H2,1H3,(H2,22,23,25,26). The third-order valence-electron chi connectivity index (χ3n) is 3.95. The first-order valence-corrected chi connectivity index (χ1v) is 10.6. The summed E-state index contributed by atoms with van der Waals surface area (Å²) in [6.45, 7) is -1.41. The van der Waals surface area contributed by atoms with Crippen LogP contribution in [0.5, 0.6) is 0 Å². The smallest absolute Gasteiger partial charge is 0.395 e. The molecule has 0 saturated heterocycles. The van der Waals surface area contributed by atoms with Crippen LogP contribution in [0.2, 0.25) is 0 Å². The Kier molecular flexibility index (Phi) is 6.08. The van der Waals surface area contributed by atoms with E-state index in [-0.39, 0.29) is 40.8 Å². The number of alkyl halides is 3. The summed E-state index contributed by atoms with van der Waals surface area (Å²) in [7, 11) is -3.44. The van der Waals surface area contributed by atoms with Crippen molar-refractivity contribution in [1.82, 2.24) is 15.0 Å². The van der Waals surface area contributed by atoms with Crippen LogP contribution >= 0.6 is 0 Å². The zero-order valence-corrected chi connectivity index (χ0v) is 16.5. The lowest BCUT2D eigenvalue weighted by Crippen LogP contribution is -2.22. The van der Waals surface area contributed by atoms with Gasteiger partial charge in [0.25, 0.3) is 0 Å². The summed E-state index contributed by atoms with van der Waals surface area (Å²) in [5, 5.41) is 13.9. The molecule has 0 spiro atoms. The molecule has 0 aliphatic carbocycles. The SMILES string of the molecule is CS(=O)(=O)c1cccc(-c2ccc3nc(NCCO)nc(NCC(F)(F)F)c3n2)c1. The highest BCUT2D eigenvalue weighted by Crippen LogP contribution is 2.27. The molecule has 0 aliphatic rings. The molecule has 12 heteroatoms. The number of fused-ring (bicyclic) bond motifs is 1. The molecular formula is C18H18F3N5O3S. The first-order valence-electron chi connectivity index (χ1n) is 8.71. The number of hydrogen-bond acceptors (Lipinski definition) is 8. The van der Waals surface area contributed by atoms with Crippen LogP contribution in [0.3, 0.4) is 0 Å². The van der Waals surface area contributed by atoms with Crippen molar-refractivity contribution in [2.75, 3.05) is 36.6 Å². The Morgan fingerprint density at radius 1 is 1.07 bits per heavy atom. The molecule has 0 fully saturated rings. The summed E-state index contributed by atoms with van der Waals surface area (Å²) < 4.78 is 61.7. The Bertz CT molecular complexity index is 1170. The van der Waals surface area contributed by atoms with E-state index in [1.807, 2.05) is 0 Å². The number of hydrogen-bond donors (Lipinski definition) is 3.